The van der Waals surface area contributed by atoms with Gasteiger partial charge in [-0.05, 0) is 13.0 Å². The van der Waals surface area contributed by atoms with Crippen LogP contribution in [0.2, 0.25) is 0 Å². The second-order valence-corrected chi connectivity index (χ2v) is 4.11. The molecule has 0 amide bonds. The molecule has 0 bridgehead atoms. The van der Waals surface area contributed by atoms with Crippen LogP contribution in [0.15, 0.2) is 18.3 Å². The highest BCUT2D eigenvalue weighted by Gasteiger charge is 2.11. The van der Waals surface area contributed by atoms with Gasteiger partial charge in [-0.2, -0.15) is 10.1 Å². The normalized spacial score (nSPS) is 11.1. The maximum atomic E-state index is 5.08. The van der Waals surface area contributed by atoms with Crippen LogP contribution in [0.5, 0.6) is 5.88 Å². The number of nitrogens with zero attached hydrogens (tertiary/aromatic N) is 4. The van der Waals surface area contributed by atoms with E-state index in [-0.39, 0.29) is 0 Å². The van der Waals surface area contributed by atoms with Crippen molar-refractivity contribution in [2.45, 2.75) is 6.92 Å². The van der Waals surface area contributed by atoms with Crippen LogP contribution in [0.1, 0.15) is 5.69 Å². The van der Waals surface area contributed by atoms with E-state index in [1.165, 1.54) is 0 Å². The van der Waals surface area contributed by atoms with Gasteiger partial charge in [0, 0.05) is 19.3 Å². The third-order valence-corrected chi connectivity index (χ3v) is 2.80. The maximum absolute atomic E-state index is 5.08. The van der Waals surface area contributed by atoms with Crippen molar-refractivity contribution in [2.24, 2.45) is 7.05 Å². The number of ether oxygens (including phenoxy) is 1. The molecule has 0 aromatic carbocycles. The summed E-state index contributed by atoms with van der Waals surface area (Å²) >= 11 is 0. The van der Waals surface area contributed by atoms with E-state index in [4.69, 9.17) is 4.74 Å². The lowest BCUT2D eigenvalue weighted by molar-refractivity contribution is 0.399. The summed E-state index contributed by atoms with van der Waals surface area (Å²) in [5.41, 5.74) is 3.44. The molecule has 0 saturated carbocycles. The van der Waals surface area contributed by atoms with Crippen LogP contribution in [0.4, 0.5) is 0 Å². The number of aryl methyl sites for hydroxylation is 2. The molecule has 0 fully saturated rings. The number of aromatic amines is 1. The Morgan fingerprint density at radius 2 is 2.11 bits per heavy atom. The fourth-order valence-electron chi connectivity index (χ4n) is 1.95. The van der Waals surface area contributed by atoms with Crippen molar-refractivity contribution in [1.29, 1.82) is 0 Å². The summed E-state index contributed by atoms with van der Waals surface area (Å²) in [5, 5.41) is 4.30. The van der Waals surface area contributed by atoms with Crippen LogP contribution in [0, 0.1) is 6.92 Å². The van der Waals surface area contributed by atoms with Gasteiger partial charge in [0.15, 0.2) is 5.65 Å². The monoisotopic (exact) mass is 243 g/mol. The number of hydrogen-bond acceptors (Lipinski definition) is 4. The highest BCUT2D eigenvalue weighted by Crippen LogP contribution is 2.22. The molecule has 0 aliphatic carbocycles. The van der Waals surface area contributed by atoms with Gasteiger partial charge in [0.2, 0.25) is 5.88 Å². The predicted octanol–water partition coefficient (Wildman–Crippen LogP) is 1.68. The number of fused-ring (bicyclic) bond motifs is 1. The molecule has 6 heteroatoms. The molecule has 3 heterocycles. The second kappa shape index (κ2) is 3.83. The second-order valence-electron chi connectivity index (χ2n) is 4.11. The molecule has 3 aromatic rings. The van der Waals surface area contributed by atoms with E-state index in [2.05, 4.69) is 20.1 Å². The molecular formula is C12H13N5O. The van der Waals surface area contributed by atoms with Gasteiger partial charge < -0.3 is 9.72 Å². The number of rotatable bonds is 2. The molecule has 0 unspecified atom stereocenters. The predicted molar refractivity (Wildman–Crippen MR) is 67.4 cm³/mol. The zero-order valence-electron chi connectivity index (χ0n) is 10.4. The Morgan fingerprint density at radius 3 is 2.78 bits per heavy atom. The van der Waals surface area contributed by atoms with Gasteiger partial charge in [-0.1, -0.05) is 0 Å². The molecule has 0 atom stereocenters. The summed E-state index contributed by atoms with van der Waals surface area (Å²) in [6.45, 7) is 1.95. The molecule has 18 heavy (non-hydrogen) atoms. The van der Waals surface area contributed by atoms with Gasteiger partial charge in [-0.25, -0.2) is 4.98 Å². The highest BCUT2D eigenvalue weighted by atomic mass is 16.5. The molecule has 0 saturated heterocycles. The summed E-state index contributed by atoms with van der Waals surface area (Å²) in [4.78, 5) is 12.0. The number of nitrogens with one attached hydrogen (secondary N) is 1. The average Bonchev–Trinajstić information content (AvgIpc) is 2.90. The van der Waals surface area contributed by atoms with E-state index >= 15 is 0 Å². The minimum Gasteiger partial charge on any atom is -0.481 e. The van der Waals surface area contributed by atoms with Crippen molar-refractivity contribution in [3.8, 4) is 17.3 Å². The summed E-state index contributed by atoms with van der Waals surface area (Å²) in [6.07, 6.45) is 1.93. The summed E-state index contributed by atoms with van der Waals surface area (Å²) < 4.78 is 6.85. The van der Waals surface area contributed by atoms with Crippen LogP contribution in [-0.4, -0.2) is 31.8 Å². The van der Waals surface area contributed by atoms with Crippen molar-refractivity contribution in [3.05, 3.63) is 24.0 Å². The number of hydrogen-bond donors (Lipinski definition) is 1. The van der Waals surface area contributed by atoms with Crippen molar-refractivity contribution < 1.29 is 4.74 Å². The molecule has 3 rings (SSSR count). The van der Waals surface area contributed by atoms with Crippen molar-refractivity contribution in [1.82, 2.24) is 24.7 Å². The molecule has 1 N–H and O–H groups in total. The Bertz CT molecular complexity index is 712. The molecule has 0 radical (unpaired) electrons. The van der Waals surface area contributed by atoms with Crippen molar-refractivity contribution >= 4 is 11.2 Å². The fraction of sp³-hybridized carbons (Fsp3) is 0.250. The van der Waals surface area contributed by atoms with Gasteiger partial charge in [0.1, 0.15) is 5.82 Å². The Hall–Kier alpha value is -2.37. The topological polar surface area (TPSA) is 68.6 Å². The molecule has 0 aliphatic rings. The van der Waals surface area contributed by atoms with Crippen LogP contribution in [-0.2, 0) is 7.05 Å². The SMILES string of the molecule is COc1ccc2[nH]c(-c3cn(C)nc3C)nc2n1. The zero-order valence-corrected chi connectivity index (χ0v) is 10.4. The van der Waals surface area contributed by atoms with Gasteiger partial charge in [0.05, 0.1) is 23.9 Å². The lowest BCUT2D eigenvalue weighted by Crippen LogP contribution is -1.86. The maximum Gasteiger partial charge on any atom is 0.215 e. The molecule has 0 spiro atoms. The van der Waals surface area contributed by atoms with Crippen molar-refractivity contribution in [3.63, 3.8) is 0 Å². The Balaban J connectivity index is 2.16. The van der Waals surface area contributed by atoms with Crippen LogP contribution in [0.25, 0.3) is 22.6 Å². The van der Waals surface area contributed by atoms with E-state index in [1.54, 1.807) is 17.9 Å². The first-order chi connectivity index (χ1) is 8.67. The lowest BCUT2D eigenvalue weighted by atomic mass is 10.2. The number of aromatic nitrogens is 5. The molecule has 6 nitrogen and oxygen atoms in total. The Kier molecular flexibility index (Phi) is 2.29. The number of pyridine rings is 1. The summed E-state index contributed by atoms with van der Waals surface area (Å²) in [6, 6.07) is 3.71. The molecule has 92 valence electrons. The molecular weight excluding hydrogens is 230 g/mol. The van der Waals surface area contributed by atoms with Gasteiger partial charge in [-0.15, -0.1) is 0 Å². The minimum absolute atomic E-state index is 0.559. The first-order valence-corrected chi connectivity index (χ1v) is 5.59. The zero-order chi connectivity index (χ0) is 12.7. The van der Waals surface area contributed by atoms with E-state index in [1.807, 2.05) is 26.2 Å². The highest BCUT2D eigenvalue weighted by molar-refractivity contribution is 5.76. The van der Waals surface area contributed by atoms with Crippen LogP contribution >= 0.6 is 0 Å². The smallest absolute Gasteiger partial charge is 0.215 e. The quantitative estimate of drug-likeness (QED) is 0.743. The fourth-order valence-corrected chi connectivity index (χ4v) is 1.95. The minimum atomic E-state index is 0.559. The number of H-pyrrole nitrogens is 1. The summed E-state index contributed by atoms with van der Waals surface area (Å²) in [7, 11) is 3.48. The summed E-state index contributed by atoms with van der Waals surface area (Å²) in [5.74, 6) is 1.33. The van der Waals surface area contributed by atoms with Crippen LogP contribution in [0.3, 0.4) is 0 Å². The average molecular weight is 243 g/mol. The van der Waals surface area contributed by atoms with E-state index in [0.717, 1.165) is 22.6 Å². The number of methoxy groups -OCH3 is 1. The van der Waals surface area contributed by atoms with E-state index in [9.17, 15) is 0 Å². The van der Waals surface area contributed by atoms with E-state index in [0.29, 0.717) is 11.5 Å². The largest absolute Gasteiger partial charge is 0.481 e. The first-order valence-electron chi connectivity index (χ1n) is 5.59. The first kappa shape index (κ1) is 10.8. The van der Waals surface area contributed by atoms with E-state index < -0.39 is 0 Å². The third kappa shape index (κ3) is 1.62. The Labute approximate surface area is 104 Å². The van der Waals surface area contributed by atoms with Gasteiger partial charge in [0.25, 0.3) is 0 Å². The van der Waals surface area contributed by atoms with Crippen LogP contribution < -0.4 is 4.74 Å². The third-order valence-electron chi connectivity index (χ3n) is 2.80. The molecule has 0 aliphatic heterocycles. The van der Waals surface area contributed by atoms with Gasteiger partial charge >= 0.3 is 0 Å². The van der Waals surface area contributed by atoms with Gasteiger partial charge in [-0.3, -0.25) is 4.68 Å². The number of imidazole rings is 1. The standard InChI is InChI=1S/C12H13N5O/c1-7-8(6-17(2)16-7)11-13-9-4-5-10(18-3)14-12(9)15-11/h4-6H,1-3H3,(H,13,14,15). The molecule has 3 aromatic heterocycles. The lowest BCUT2D eigenvalue weighted by Gasteiger charge is -1.95. The Morgan fingerprint density at radius 1 is 1.28 bits per heavy atom. The van der Waals surface area contributed by atoms with Crippen molar-refractivity contribution in [2.75, 3.05) is 7.11 Å².